The van der Waals surface area contributed by atoms with E-state index in [4.69, 9.17) is 0 Å². The quantitative estimate of drug-likeness (QED) is 0.543. The highest BCUT2D eigenvalue weighted by atomic mass is 32.2. The van der Waals surface area contributed by atoms with Gasteiger partial charge in [-0.3, -0.25) is 10.1 Å². The molecular weight excluding hydrogens is 429 g/mol. The molecule has 0 heterocycles. The maximum absolute atomic E-state index is 13.4. The molecule has 2 N–H and O–H groups in total. The lowest BCUT2D eigenvalue weighted by Gasteiger charge is -2.20. The Morgan fingerprint density at radius 1 is 0.969 bits per heavy atom. The zero-order valence-electron chi connectivity index (χ0n) is 18.2. The second-order valence-electron chi connectivity index (χ2n) is 7.59. The topological polar surface area (TPSA) is 78.5 Å². The Bertz CT molecular complexity index is 1180. The number of hydrogen-bond donors (Lipinski definition) is 2. The van der Waals surface area contributed by atoms with Gasteiger partial charge in [-0.05, 0) is 47.9 Å². The summed E-state index contributed by atoms with van der Waals surface area (Å²) in [7, 11) is -0.709. The summed E-state index contributed by atoms with van der Waals surface area (Å²) in [5.74, 6) is -0.661. The maximum atomic E-state index is 13.4. The Labute approximate surface area is 188 Å². The van der Waals surface area contributed by atoms with Crippen molar-refractivity contribution >= 4 is 21.6 Å². The van der Waals surface area contributed by atoms with Crippen LogP contribution in [0.4, 0.5) is 10.1 Å². The molecule has 8 heteroatoms. The average molecular weight is 456 g/mol. The Hall–Kier alpha value is -3.07. The molecule has 3 rings (SSSR count). The first-order chi connectivity index (χ1) is 15.2. The number of hydrogen-bond acceptors (Lipinski definition) is 4. The van der Waals surface area contributed by atoms with Crippen LogP contribution in [0.1, 0.15) is 22.7 Å². The summed E-state index contributed by atoms with van der Waals surface area (Å²) in [5.41, 5.74) is 2.73. The summed E-state index contributed by atoms with van der Waals surface area (Å²) < 4.78 is 39.5. The lowest BCUT2D eigenvalue weighted by atomic mass is 9.98. The van der Waals surface area contributed by atoms with Crippen LogP contribution < -0.4 is 10.6 Å². The minimum absolute atomic E-state index is 0.0272. The lowest BCUT2D eigenvalue weighted by molar-refractivity contribution is -0.115. The molecule has 0 saturated heterocycles. The van der Waals surface area contributed by atoms with Crippen LogP contribution in [-0.2, 0) is 14.8 Å². The molecule has 1 amide bonds. The van der Waals surface area contributed by atoms with Gasteiger partial charge >= 0.3 is 0 Å². The first-order valence-electron chi connectivity index (χ1n) is 10.1. The summed E-state index contributed by atoms with van der Waals surface area (Å²) in [4.78, 5) is 12.8. The van der Waals surface area contributed by atoms with Crippen molar-refractivity contribution in [1.82, 2.24) is 9.62 Å². The Morgan fingerprint density at radius 2 is 1.59 bits per heavy atom. The molecule has 0 aliphatic heterocycles. The summed E-state index contributed by atoms with van der Waals surface area (Å²) in [6, 6.07) is 20.1. The molecule has 1 unspecified atom stereocenters. The maximum Gasteiger partial charge on any atom is 0.242 e. The number of nitrogens with one attached hydrogen (secondary N) is 2. The molecule has 32 heavy (non-hydrogen) atoms. The molecule has 0 radical (unpaired) electrons. The van der Waals surface area contributed by atoms with E-state index in [1.54, 1.807) is 31.2 Å². The Morgan fingerprint density at radius 3 is 2.22 bits per heavy atom. The number of rotatable bonds is 8. The van der Waals surface area contributed by atoms with Crippen LogP contribution in [-0.4, -0.2) is 39.3 Å². The van der Waals surface area contributed by atoms with Crippen LogP contribution in [0.2, 0.25) is 0 Å². The summed E-state index contributed by atoms with van der Waals surface area (Å²) in [6.45, 7) is 1.68. The smallest absolute Gasteiger partial charge is 0.242 e. The normalized spacial score (nSPS) is 12.5. The van der Waals surface area contributed by atoms with E-state index >= 15 is 0 Å². The van der Waals surface area contributed by atoms with E-state index in [1.165, 1.54) is 32.3 Å². The van der Waals surface area contributed by atoms with Gasteiger partial charge in [-0.2, -0.15) is 0 Å². The fraction of sp³-hybridized carbons (Fsp3) is 0.208. The van der Waals surface area contributed by atoms with Crippen molar-refractivity contribution < 1.29 is 17.6 Å². The summed E-state index contributed by atoms with van der Waals surface area (Å²) in [6.07, 6.45) is 0. The van der Waals surface area contributed by atoms with Gasteiger partial charge in [0.15, 0.2) is 0 Å². The Balaban J connectivity index is 1.76. The molecule has 0 fully saturated rings. The van der Waals surface area contributed by atoms with Gasteiger partial charge in [-0.1, -0.05) is 48.5 Å². The molecule has 6 nitrogen and oxygen atoms in total. The van der Waals surface area contributed by atoms with E-state index in [1.807, 2.05) is 30.3 Å². The van der Waals surface area contributed by atoms with Gasteiger partial charge in [0.2, 0.25) is 15.9 Å². The van der Waals surface area contributed by atoms with Gasteiger partial charge in [0.1, 0.15) is 5.82 Å². The highest BCUT2D eigenvalue weighted by Gasteiger charge is 2.21. The predicted molar refractivity (Wildman–Crippen MR) is 123 cm³/mol. The molecule has 0 aliphatic rings. The number of benzene rings is 3. The third-order valence-corrected chi connectivity index (χ3v) is 6.99. The third kappa shape index (κ3) is 5.59. The minimum atomic E-state index is -3.63. The minimum Gasteiger partial charge on any atom is -0.325 e. The molecule has 0 saturated carbocycles. The van der Waals surface area contributed by atoms with Gasteiger partial charge in [0, 0.05) is 19.8 Å². The fourth-order valence-corrected chi connectivity index (χ4v) is 4.43. The van der Waals surface area contributed by atoms with Gasteiger partial charge in [-0.25, -0.2) is 17.1 Å². The van der Waals surface area contributed by atoms with Crippen LogP contribution in [0.3, 0.4) is 0 Å². The fourth-order valence-electron chi connectivity index (χ4n) is 3.28. The second kappa shape index (κ2) is 10.0. The first kappa shape index (κ1) is 23.6. The van der Waals surface area contributed by atoms with Crippen LogP contribution in [0, 0.1) is 12.7 Å². The molecule has 168 valence electrons. The van der Waals surface area contributed by atoms with Crippen molar-refractivity contribution in [2.75, 3.05) is 26.0 Å². The highest BCUT2D eigenvalue weighted by molar-refractivity contribution is 7.89. The average Bonchev–Trinajstić information content (AvgIpc) is 2.77. The number of carbonyl (C=O) groups is 1. The van der Waals surface area contributed by atoms with Gasteiger partial charge < -0.3 is 5.32 Å². The number of sulfonamides is 1. The van der Waals surface area contributed by atoms with Crippen molar-refractivity contribution in [3.63, 3.8) is 0 Å². The van der Waals surface area contributed by atoms with E-state index < -0.39 is 10.0 Å². The van der Waals surface area contributed by atoms with Crippen molar-refractivity contribution in [1.29, 1.82) is 0 Å². The second-order valence-corrected chi connectivity index (χ2v) is 9.71. The van der Waals surface area contributed by atoms with E-state index in [0.717, 1.165) is 15.4 Å². The SMILES string of the molecule is Cc1ccc(NC(=O)CNC(c2ccccc2)c2ccc(F)cc2)cc1S(=O)(=O)N(C)C. The molecule has 0 spiro atoms. The van der Waals surface area contributed by atoms with E-state index in [-0.39, 0.29) is 29.2 Å². The molecule has 0 bridgehead atoms. The van der Waals surface area contributed by atoms with Crippen LogP contribution in [0.5, 0.6) is 0 Å². The zero-order valence-corrected chi connectivity index (χ0v) is 19.0. The molecular formula is C24H26FN3O3S. The van der Waals surface area contributed by atoms with E-state index in [9.17, 15) is 17.6 Å². The number of anilines is 1. The third-order valence-electron chi connectivity index (χ3n) is 5.03. The molecule has 1 atom stereocenters. The number of amides is 1. The number of halogens is 1. The van der Waals surface area contributed by atoms with Gasteiger partial charge in [0.25, 0.3) is 0 Å². The molecule has 0 aromatic heterocycles. The van der Waals surface area contributed by atoms with E-state index in [0.29, 0.717) is 11.3 Å². The van der Waals surface area contributed by atoms with Crippen molar-refractivity contribution in [2.24, 2.45) is 0 Å². The predicted octanol–water partition coefficient (Wildman–Crippen LogP) is 3.70. The van der Waals surface area contributed by atoms with E-state index in [2.05, 4.69) is 10.6 Å². The van der Waals surface area contributed by atoms with Gasteiger partial charge in [-0.15, -0.1) is 0 Å². The highest BCUT2D eigenvalue weighted by Crippen LogP contribution is 2.24. The number of aryl methyl sites for hydroxylation is 1. The number of nitrogens with zero attached hydrogens (tertiary/aromatic N) is 1. The lowest BCUT2D eigenvalue weighted by Crippen LogP contribution is -2.32. The Kier molecular flexibility index (Phi) is 7.40. The first-order valence-corrected chi connectivity index (χ1v) is 11.5. The summed E-state index contributed by atoms with van der Waals surface area (Å²) in [5, 5.41) is 5.95. The van der Waals surface area contributed by atoms with Crippen LogP contribution >= 0.6 is 0 Å². The molecule has 3 aromatic carbocycles. The molecule has 3 aromatic rings. The standard InChI is InChI=1S/C24H26FN3O3S/c1-17-9-14-21(15-22(17)32(30,31)28(2)3)27-23(29)16-26-24(18-7-5-4-6-8-18)19-10-12-20(25)13-11-19/h4-15,24,26H,16H2,1-3H3,(H,27,29). The number of carbonyl (C=O) groups excluding carboxylic acids is 1. The largest absolute Gasteiger partial charge is 0.325 e. The van der Waals surface area contributed by atoms with Crippen LogP contribution in [0.15, 0.2) is 77.7 Å². The van der Waals surface area contributed by atoms with Crippen molar-refractivity contribution in [3.8, 4) is 0 Å². The molecule has 0 aliphatic carbocycles. The zero-order chi connectivity index (χ0) is 23.3. The monoisotopic (exact) mass is 455 g/mol. The van der Waals surface area contributed by atoms with Crippen molar-refractivity contribution in [3.05, 3.63) is 95.3 Å². The van der Waals surface area contributed by atoms with Gasteiger partial charge in [0.05, 0.1) is 17.5 Å². The van der Waals surface area contributed by atoms with Crippen molar-refractivity contribution in [2.45, 2.75) is 17.9 Å². The van der Waals surface area contributed by atoms with Crippen LogP contribution in [0.25, 0.3) is 0 Å². The summed E-state index contributed by atoms with van der Waals surface area (Å²) >= 11 is 0.